The summed E-state index contributed by atoms with van der Waals surface area (Å²) in [5.41, 5.74) is 1.22. The molecular formula is C22H29N7O3. The van der Waals surface area contributed by atoms with Crippen LogP contribution in [0.25, 0.3) is 10.9 Å². The van der Waals surface area contributed by atoms with Gasteiger partial charge in [0.15, 0.2) is 5.82 Å². The molecule has 0 saturated carbocycles. The molecule has 170 valence electrons. The molecule has 1 atom stereocenters. The van der Waals surface area contributed by atoms with Gasteiger partial charge in [-0.15, -0.1) is 5.10 Å². The van der Waals surface area contributed by atoms with Crippen molar-refractivity contribution in [3.05, 3.63) is 41.9 Å². The maximum Gasteiger partial charge on any atom is 0.256 e. The van der Waals surface area contributed by atoms with Crippen molar-refractivity contribution in [2.75, 3.05) is 53.1 Å². The number of nitrogens with zero attached hydrogens (tertiary/aromatic N) is 6. The molecule has 2 aliphatic heterocycles. The molecule has 1 unspecified atom stereocenters. The molecule has 1 aromatic carbocycles. The standard InChI is InChI=1S/C22H29N7O3/c1-31-12-11-29-21(24-25-26-29)22(28-9-13-32-14-10-28)7-4-8-27(16-22)20(30)18-15-23-19-6-3-2-5-17(18)19/h2-3,5-6,15,23H,4,7-14,16H2,1H3. The number of nitrogens with one attached hydrogen (secondary N) is 1. The number of likely N-dealkylation sites (tertiary alicyclic amines) is 1. The third kappa shape index (κ3) is 3.68. The number of methoxy groups -OCH3 is 1. The summed E-state index contributed by atoms with van der Waals surface area (Å²) in [6.07, 6.45) is 3.58. The summed E-state index contributed by atoms with van der Waals surface area (Å²) < 4.78 is 12.7. The van der Waals surface area contributed by atoms with Crippen LogP contribution in [-0.2, 0) is 21.6 Å². The van der Waals surface area contributed by atoms with Gasteiger partial charge in [0.2, 0.25) is 0 Å². The van der Waals surface area contributed by atoms with E-state index in [2.05, 4.69) is 25.4 Å². The Morgan fingerprint density at radius 3 is 2.94 bits per heavy atom. The number of morpholine rings is 1. The third-order valence-corrected chi connectivity index (χ3v) is 6.65. The average molecular weight is 440 g/mol. The minimum absolute atomic E-state index is 0.0377. The van der Waals surface area contributed by atoms with Gasteiger partial charge in [-0.2, -0.15) is 0 Å². The molecule has 2 fully saturated rings. The molecule has 0 radical (unpaired) electrons. The predicted molar refractivity (Wildman–Crippen MR) is 117 cm³/mol. The Hall–Kier alpha value is -2.82. The molecule has 5 rings (SSSR count). The summed E-state index contributed by atoms with van der Waals surface area (Å²) in [4.78, 5) is 21.2. The summed E-state index contributed by atoms with van der Waals surface area (Å²) in [6.45, 7) is 5.24. The van der Waals surface area contributed by atoms with Crippen LogP contribution >= 0.6 is 0 Å². The minimum Gasteiger partial charge on any atom is -0.383 e. The number of carbonyl (C=O) groups is 1. The number of para-hydroxylation sites is 1. The predicted octanol–water partition coefficient (Wildman–Crippen LogP) is 1.26. The van der Waals surface area contributed by atoms with E-state index in [0.717, 1.165) is 42.7 Å². The van der Waals surface area contributed by atoms with Crippen molar-refractivity contribution in [2.24, 2.45) is 0 Å². The molecule has 32 heavy (non-hydrogen) atoms. The Bertz CT molecular complexity index is 1070. The van der Waals surface area contributed by atoms with Gasteiger partial charge in [-0.05, 0) is 29.3 Å². The number of aromatic nitrogens is 5. The van der Waals surface area contributed by atoms with E-state index in [9.17, 15) is 4.79 Å². The van der Waals surface area contributed by atoms with Gasteiger partial charge in [0.25, 0.3) is 5.91 Å². The number of carbonyl (C=O) groups excluding carboxylic acids is 1. The molecule has 0 bridgehead atoms. The normalized spacial score (nSPS) is 22.5. The first kappa shape index (κ1) is 21.0. The quantitative estimate of drug-likeness (QED) is 0.617. The summed E-state index contributed by atoms with van der Waals surface area (Å²) >= 11 is 0. The van der Waals surface area contributed by atoms with Crippen LogP contribution in [0.3, 0.4) is 0 Å². The van der Waals surface area contributed by atoms with Crippen molar-refractivity contribution in [3.63, 3.8) is 0 Å². The molecule has 1 amide bonds. The average Bonchev–Trinajstić information content (AvgIpc) is 3.50. The van der Waals surface area contributed by atoms with Crippen LogP contribution in [0, 0.1) is 0 Å². The summed E-state index contributed by atoms with van der Waals surface area (Å²) in [7, 11) is 1.67. The lowest BCUT2D eigenvalue weighted by Gasteiger charge is -2.49. The molecule has 1 N–H and O–H groups in total. The third-order valence-electron chi connectivity index (χ3n) is 6.65. The van der Waals surface area contributed by atoms with Gasteiger partial charge in [0.05, 0.1) is 31.9 Å². The van der Waals surface area contributed by atoms with Gasteiger partial charge in [0, 0.05) is 50.4 Å². The van der Waals surface area contributed by atoms with E-state index in [1.807, 2.05) is 40.0 Å². The van der Waals surface area contributed by atoms with Crippen LogP contribution in [0.1, 0.15) is 29.0 Å². The highest BCUT2D eigenvalue weighted by Crippen LogP contribution is 2.37. The molecule has 2 aliphatic rings. The number of benzene rings is 1. The lowest BCUT2D eigenvalue weighted by Crippen LogP contribution is -2.61. The van der Waals surface area contributed by atoms with Crippen LogP contribution in [0.4, 0.5) is 0 Å². The van der Waals surface area contributed by atoms with Gasteiger partial charge in [-0.25, -0.2) is 4.68 Å². The summed E-state index contributed by atoms with van der Waals surface area (Å²) in [6, 6.07) is 7.91. The Kier molecular flexibility index (Phi) is 5.90. The fourth-order valence-corrected chi connectivity index (χ4v) is 5.07. The lowest BCUT2D eigenvalue weighted by atomic mass is 9.85. The number of rotatable bonds is 6. The molecule has 10 heteroatoms. The first-order valence-electron chi connectivity index (χ1n) is 11.2. The Morgan fingerprint density at radius 2 is 2.09 bits per heavy atom. The number of hydrogen-bond acceptors (Lipinski definition) is 7. The number of tetrazole rings is 1. The second-order valence-corrected chi connectivity index (χ2v) is 8.43. The summed E-state index contributed by atoms with van der Waals surface area (Å²) in [5.74, 6) is 0.837. The minimum atomic E-state index is -0.457. The molecule has 2 saturated heterocycles. The van der Waals surface area contributed by atoms with Gasteiger partial charge >= 0.3 is 0 Å². The fraction of sp³-hybridized carbons (Fsp3) is 0.545. The molecule has 10 nitrogen and oxygen atoms in total. The van der Waals surface area contributed by atoms with Crippen molar-refractivity contribution in [3.8, 4) is 0 Å². The second kappa shape index (κ2) is 8.97. The van der Waals surface area contributed by atoms with E-state index in [0.29, 0.717) is 45.0 Å². The van der Waals surface area contributed by atoms with Gasteiger partial charge in [-0.1, -0.05) is 18.2 Å². The van der Waals surface area contributed by atoms with Gasteiger partial charge in [0.1, 0.15) is 5.54 Å². The van der Waals surface area contributed by atoms with E-state index in [1.54, 1.807) is 7.11 Å². The zero-order valence-electron chi connectivity index (χ0n) is 18.4. The number of amides is 1. The van der Waals surface area contributed by atoms with E-state index >= 15 is 0 Å². The number of piperidine rings is 1. The van der Waals surface area contributed by atoms with E-state index in [1.165, 1.54) is 0 Å². The van der Waals surface area contributed by atoms with Crippen molar-refractivity contribution >= 4 is 16.8 Å². The Balaban J connectivity index is 1.50. The van der Waals surface area contributed by atoms with E-state index in [-0.39, 0.29) is 5.91 Å². The smallest absolute Gasteiger partial charge is 0.256 e. The van der Waals surface area contributed by atoms with E-state index < -0.39 is 5.54 Å². The molecule has 3 aromatic rings. The van der Waals surface area contributed by atoms with Crippen molar-refractivity contribution in [2.45, 2.75) is 24.9 Å². The maximum absolute atomic E-state index is 13.7. The Morgan fingerprint density at radius 1 is 1.25 bits per heavy atom. The van der Waals surface area contributed by atoms with Crippen LogP contribution in [0.5, 0.6) is 0 Å². The zero-order chi connectivity index (χ0) is 22.0. The number of H-pyrrole nitrogens is 1. The van der Waals surface area contributed by atoms with Gasteiger partial charge in [-0.3, -0.25) is 9.69 Å². The molecule has 0 aliphatic carbocycles. The number of aromatic amines is 1. The van der Waals surface area contributed by atoms with Gasteiger partial charge < -0.3 is 19.4 Å². The van der Waals surface area contributed by atoms with Crippen LogP contribution in [0.15, 0.2) is 30.5 Å². The second-order valence-electron chi connectivity index (χ2n) is 8.43. The summed E-state index contributed by atoms with van der Waals surface area (Å²) in [5, 5.41) is 13.6. The number of ether oxygens (including phenoxy) is 2. The van der Waals surface area contributed by atoms with Crippen LogP contribution in [-0.4, -0.2) is 94.0 Å². The van der Waals surface area contributed by atoms with Crippen molar-refractivity contribution in [1.82, 2.24) is 35.0 Å². The first-order valence-corrected chi connectivity index (χ1v) is 11.2. The molecule has 0 spiro atoms. The first-order chi connectivity index (χ1) is 15.7. The molecule has 4 heterocycles. The number of fused-ring (bicyclic) bond motifs is 1. The SMILES string of the molecule is COCCn1nnnc1C1(N2CCOCC2)CCCN(C(=O)c2c[nH]c3ccccc23)C1. The van der Waals surface area contributed by atoms with Crippen LogP contribution in [0.2, 0.25) is 0 Å². The van der Waals surface area contributed by atoms with Crippen molar-refractivity contribution in [1.29, 1.82) is 0 Å². The zero-order valence-corrected chi connectivity index (χ0v) is 18.4. The largest absolute Gasteiger partial charge is 0.383 e. The highest BCUT2D eigenvalue weighted by Gasteiger charge is 2.47. The Labute approximate surface area is 186 Å². The monoisotopic (exact) mass is 439 g/mol. The fourth-order valence-electron chi connectivity index (χ4n) is 5.07. The highest BCUT2D eigenvalue weighted by molar-refractivity contribution is 6.06. The maximum atomic E-state index is 13.7. The van der Waals surface area contributed by atoms with Crippen molar-refractivity contribution < 1.29 is 14.3 Å². The van der Waals surface area contributed by atoms with Crippen LogP contribution < -0.4 is 0 Å². The highest BCUT2D eigenvalue weighted by atomic mass is 16.5. The number of hydrogen-bond donors (Lipinski definition) is 1. The molecule has 2 aromatic heterocycles. The lowest BCUT2D eigenvalue weighted by molar-refractivity contribution is -0.0572. The molecular weight excluding hydrogens is 410 g/mol. The topological polar surface area (TPSA) is 101 Å². The van der Waals surface area contributed by atoms with E-state index in [4.69, 9.17) is 9.47 Å².